The van der Waals surface area contributed by atoms with E-state index in [0.717, 1.165) is 0 Å². The van der Waals surface area contributed by atoms with Crippen molar-refractivity contribution in [2.24, 2.45) is 0 Å². The molecule has 1 aromatic heterocycles. The van der Waals surface area contributed by atoms with Gasteiger partial charge in [-0.1, -0.05) is 23.7 Å². The van der Waals surface area contributed by atoms with Crippen molar-refractivity contribution in [3.8, 4) is 11.5 Å². The van der Waals surface area contributed by atoms with E-state index in [-0.39, 0.29) is 11.8 Å². The fourth-order valence-electron chi connectivity index (χ4n) is 1.80. The molecule has 7 heteroatoms. The number of benzene rings is 2. The predicted molar refractivity (Wildman–Crippen MR) is 79.1 cm³/mol. The second kappa shape index (κ2) is 5.95. The van der Waals surface area contributed by atoms with Gasteiger partial charge in [0, 0.05) is 16.3 Å². The van der Waals surface area contributed by atoms with Crippen LogP contribution in [0.2, 0.25) is 5.02 Å². The first kappa shape index (κ1) is 14.2. The van der Waals surface area contributed by atoms with Gasteiger partial charge in [-0.2, -0.15) is 0 Å². The van der Waals surface area contributed by atoms with Gasteiger partial charge in [-0.25, -0.2) is 4.39 Å². The van der Waals surface area contributed by atoms with Crippen LogP contribution in [0.1, 0.15) is 10.7 Å². The van der Waals surface area contributed by atoms with Crippen molar-refractivity contribution in [1.29, 1.82) is 0 Å². The quantitative estimate of drug-likeness (QED) is 0.798. The van der Waals surface area contributed by atoms with Crippen LogP contribution in [0.3, 0.4) is 0 Å². The third-order valence-corrected chi connectivity index (χ3v) is 3.01. The number of hydrogen-bond acceptors (Lipinski definition) is 4. The monoisotopic (exact) mass is 317 g/mol. The lowest BCUT2D eigenvalue weighted by atomic mass is 10.2. The lowest BCUT2D eigenvalue weighted by Gasteiger charge is -2.01. The summed E-state index contributed by atoms with van der Waals surface area (Å²) in [4.78, 5) is 12.0. The number of carbonyl (C=O) groups is 1. The normalized spacial score (nSPS) is 10.5. The summed E-state index contributed by atoms with van der Waals surface area (Å²) in [6.07, 6.45) is 0. The van der Waals surface area contributed by atoms with Crippen LogP contribution >= 0.6 is 11.6 Å². The summed E-state index contributed by atoms with van der Waals surface area (Å²) in [5, 5.41) is 10.5. The van der Waals surface area contributed by atoms with E-state index in [1.165, 1.54) is 18.2 Å². The average Bonchev–Trinajstić information content (AvgIpc) is 2.97. The Hall–Kier alpha value is -2.73. The van der Waals surface area contributed by atoms with Gasteiger partial charge < -0.3 is 9.73 Å². The molecule has 0 atom stereocenters. The van der Waals surface area contributed by atoms with Crippen molar-refractivity contribution in [3.05, 3.63) is 65.3 Å². The topological polar surface area (TPSA) is 68.0 Å². The van der Waals surface area contributed by atoms with Crippen molar-refractivity contribution in [3.63, 3.8) is 0 Å². The number of rotatable bonds is 3. The van der Waals surface area contributed by atoms with E-state index in [2.05, 4.69) is 15.5 Å². The van der Waals surface area contributed by atoms with Crippen LogP contribution in [0.15, 0.2) is 52.9 Å². The molecule has 0 unspecified atom stereocenters. The molecular weight excluding hydrogens is 309 g/mol. The van der Waals surface area contributed by atoms with Crippen LogP contribution in [0, 0.1) is 5.82 Å². The molecule has 1 amide bonds. The Balaban J connectivity index is 1.80. The minimum atomic E-state index is -0.572. The summed E-state index contributed by atoms with van der Waals surface area (Å²) in [5.41, 5.74) is 0.900. The molecule has 110 valence electrons. The Morgan fingerprint density at radius 3 is 2.73 bits per heavy atom. The molecule has 0 aliphatic carbocycles. The van der Waals surface area contributed by atoms with Crippen molar-refractivity contribution >= 4 is 23.2 Å². The van der Waals surface area contributed by atoms with Crippen molar-refractivity contribution in [1.82, 2.24) is 10.2 Å². The van der Waals surface area contributed by atoms with Gasteiger partial charge in [-0.15, -0.1) is 10.2 Å². The smallest absolute Gasteiger partial charge is 0.313 e. The third-order valence-electron chi connectivity index (χ3n) is 2.77. The lowest BCUT2D eigenvalue weighted by Crippen LogP contribution is -2.12. The second-order valence-electron chi connectivity index (χ2n) is 4.39. The number of hydrogen-bond donors (Lipinski definition) is 1. The molecule has 0 aliphatic heterocycles. The van der Waals surface area contributed by atoms with Crippen LogP contribution in [0.4, 0.5) is 10.1 Å². The molecule has 3 rings (SSSR count). The van der Waals surface area contributed by atoms with Crippen LogP contribution < -0.4 is 5.32 Å². The van der Waals surface area contributed by atoms with E-state index in [1.54, 1.807) is 30.3 Å². The highest BCUT2D eigenvalue weighted by Gasteiger charge is 2.16. The van der Waals surface area contributed by atoms with E-state index in [1.807, 2.05) is 0 Å². The molecule has 0 aliphatic rings. The largest absolute Gasteiger partial charge is 0.412 e. The molecule has 1 N–H and O–H groups in total. The zero-order valence-electron chi connectivity index (χ0n) is 11.1. The number of carbonyl (C=O) groups excluding carboxylic acids is 1. The number of halogens is 2. The van der Waals surface area contributed by atoms with Gasteiger partial charge in [0.05, 0.1) is 0 Å². The maximum atomic E-state index is 13.2. The minimum Gasteiger partial charge on any atom is -0.412 e. The highest BCUT2D eigenvalue weighted by Crippen LogP contribution is 2.20. The van der Waals surface area contributed by atoms with Crippen molar-refractivity contribution in [2.45, 2.75) is 0 Å². The van der Waals surface area contributed by atoms with Crippen LogP contribution in [0.5, 0.6) is 0 Å². The molecule has 0 saturated carbocycles. The lowest BCUT2D eigenvalue weighted by molar-refractivity contribution is 0.0991. The maximum absolute atomic E-state index is 13.2. The Labute approximate surface area is 129 Å². The van der Waals surface area contributed by atoms with Crippen LogP contribution in [0.25, 0.3) is 11.5 Å². The van der Waals surface area contributed by atoms with E-state index < -0.39 is 11.7 Å². The van der Waals surface area contributed by atoms with E-state index >= 15 is 0 Å². The van der Waals surface area contributed by atoms with Crippen LogP contribution in [-0.2, 0) is 0 Å². The summed E-state index contributed by atoms with van der Waals surface area (Å²) in [7, 11) is 0. The van der Waals surface area contributed by atoms with E-state index in [9.17, 15) is 9.18 Å². The maximum Gasteiger partial charge on any atom is 0.313 e. The number of anilines is 1. The highest BCUT2D eigenvalue weighted by atomic mass is 35.5. The summed E-state index contributed by atoms with van der Waals surface area (Å²) in [6.45, 7) is 0. The molecule has 0 bridgehead atoms. The minimum absolute atomic E-state index is 0.0655. The Bertz CT molecular complexity index is 835. The first-order valence-electron chi connectivity index (χ1n) is 6.28. The average molecular weight is 318 g/mol. The number of aromatic nitrogens is 2. The van der Waals surface area contributed by atoms with Gasteiger partial charge in [-0.05, 0) is 36.4 Å². The number of nitrogens with one attached hydrogen (secondary N) is 1. The Morgan fingerprint density at radius 2 is 1.95 bits per heavy atom. The Morgan fingerprint density at radius 1 is 1.14 bits per heavy atom. The van der Waals surface area contributed by atoms with Gasteiger partial charge in [0.1, 0.15) is 5.82 Å². The molecule has 1 heterocycles. The first-order chi connectivity index (χ1) is 10.6. The van der Waals surface area contributed by atoms with Crippen molar-refractivity contribution < 1.29 is 13.6 Å². The fourth-order valence-corrected chi connectivity index (χ4v) is 1.99. The second-order valence-corrected chi connectivity index (χ2v) is 4.82. The predicted octanol–water partition coefficient (Wildman–Crippen LogP) is 3.78. The zero-order chi connectivity index (χ0) is 15.5. The highest BCUT2D eigenvalue weighted by molar-refractivity contribution is 6.30. The molecule has 0 radical (unpaired) electrons. The van der Waals surface area contributed by atoms with E-state index in [4.69, 9.17) is 16.0 Å². The van der Waals surface area contributed by atoms with Crippen molar-refractivity contribution in [2.75, 3.05) is 5.32 Å². The molecule has 3 aromatic rings. The van der Waals surface area contributed by atoms with Crippen LogP contribution in [-0.4, -0.2) is 16.1 Å². The molecule has 0 spiro atoms. The Kier molecular flexibility index (Phi) is 3.84. The molecule has 5 nitrogen and oxygen atoms in total. The third kappa shape index (κ3) is 3.12. The van der Waals surface area contributed by atoms with Gasteiger partial charge in [0.15, 0.2) is 0 Å². The van der Waals surface area contributed by atoms with Gasteiger partial charge in [0.25, 0.3) is 0 Å². The van der Waals surface area contributed by atoms with Gasteiger partial charge >= 0.3 is 11.8 Å². The molecule has 0 saturated heterocycles. The molecule has 2 aromatic carbocycles. The summed E-state index contributed by atoms with van der Waals surface area (Å²) in [5.74, 6) is -1.16. The summed E-state index contributed by atoms with van der Waals surface area (Å²) < 4.78 is 18.4. The first-order valence-corrected chi connectivity index (χ1v) is 6.66. The van der Waals surface area contributed by atoms with Gasteiger partial charge in [-0.3, -0.25) is 4.79 Å². The number of amides is 1. The molecule has 0 fully saturated rings. The summed E-state index contributed by atoms with van der Waals surface area (Å²) >= 11 is 5.84. The SMILES string of the molecule is O=C(Nc1cccc(Cl)c1)c1nnc(-c2cccc(F)c2)o1. The standard InChI is InChI=1S/C15H9ClFN3O2/c16-10-4-2-6-12(8-10)18-13(21)15-20-19-14(22-15)9-3-1-5-11(17)7-9/h1-8H,(H,18,21). The molecular formula is C15H9ClFN3O2. The van der Waals surface area contributed by atoms with Gasteiger partial charge in [0.2, 0.25) is 5.89 Å². The fraction of sp³-hybridized carbons (Fsp3) is 0. The summed E-state index contributed by atoms with van der Waals surface area (Å²) in [6, 6.07) is 12.3. The zero-order valence-corrected chi connectivity index (χ0v) is 11.8. The number of nitrogens with zero attached hydrogens (tertiary/aromatic N) is 2. The molecule has 22 heavy (non-hydrogen) atoms. The van der Waals surface area contributed by atoms with E-state index in [0.29, 0.717) is 16.3 Å².